The third-order valence-electron chi connectivity index (χ3n) is 1.97. The van der Waals surface area contributed by atoms with Crippen LogP contribution in [0, 0.1) is 5.92 Å². The molecule has 1 rings (SSSR count). The molecule has 0 radical (unpaired) electrons. The van der Waals surface area contributed by atoms with Gasteiger partial charge in [0.2, 0.25) is 5.88 Å². The van der Waals surface area contributed by atoms with Crippen LogP contribution in [0.2, 0.25) is 0 Å². The number of aromatic nitrogens is 2. The molecule has 0 saturated heterocycles. The van der Waals surface area contributed by atoms with Gasteiger partial charge in [-0.3, -0.25) is 0 Å². The maximum atomic E-state index is 8.95. The van der Waals surface area contributed by atoms with Crippen molar-refractivity contribution in [3.05, 3.63) is 6.33 Å². The number of hydrogen-bond acceptors (Lipinski definition) is 6. The van der Waals surface area contributed by atoms with Crippen molar-refractivity contribution in [2.24, 2.45) is 5.92 Å². The first-order valence-electron chi connectivity index (χ1n) is 5.55. The van der Waals surface area contributed by atoms with Crippen LogP contribution in [0.25, 0.3) is 0 Å². The Hall–Kier alpha value is -1.01. The fourth-order valence-electron chi connectivity index (χ4n) is 1.07. The molecule has 0 spiro atoms. The minimum Gasteiger partial charge on any atom is -0.473 e. The van der Waals surface area contributed by atoms with Gasteiger partial charge >= 0.3 is 0 Å². The summed E-state index contributed by atoms with van der Waals surface area (Å²) in [4.78, 5) is 8.12. The van der Waals surface area contributed by atoms with Crippen LogP contribution in [0.3, 0.4) is 0 Å². The monoisotopic (exact) mass is 257 g/mol. The highest BCUT2D eigenvalue weighted by atomic mass is 32.2. The predicted molar refractivity (Wildman–Crippen MR) is 69.2 cm³/mol. The fraction of sp³-hybridized carbons (Fsp3) is 0.636. The van der Waals surface area contributed by atoms with E-state index in [9.17, 15) is 0 Å². The van der Waals surface area contributed by atoms with Crippen molar-refractivity contribution in [1.29, 1.82) is 0 Å². The quantitative estimate of drug-likeness (QED) is 0.594. The molecule has 1 aromatic rings. The van der Waals surface area contributed by atoms with E-state index in [1.807, 2.05) is 20.8 Å². The molecular weight excluding hydrogens is 238 g/mol. The van der Waals surface area contributed by atoms with Gasteiger partial charge in [0.15, 0.2) is 0 Å². The summed E-state index contributed by atoms with van der Waals surface area (Å²) >= 11 is 1.50. The van der Waals surface area contributed by atoms with E-state index in [2.05, 4.69) is 9.97 Å². The van der Waals surface area contributed by atoms with Crippen LogP contribution >= 0.6 is 11.8 Å². The van der Waals surface area contributed by atoms with Gasteiger partial charge in [0.05, 0.1) is 6.10 Å². The first-order valence-corrected chi connectivity index (χ1v) is 6.54. The van der Waals surface area contributed by atoms with Gasteiger partial charge in [-0.15, -0.1) is 11.8 Å². The zero-order valence-corrected chi connectivity index (χ0v) is 11.2. The number of hydrogen-bond donors (Lipinski definition) is 2. The number of rotatable bonds is 6. The topological polar surface area (TPSA) is 81.3 Å². The van der Waals surface area contributed by atoms with E-state index in [-0.39, 0.29) is 18.6 Å². The van der Waals surface area contributed by atoms with E-state index in [1.165, 1.54) is 18.1 Å². The van der Waals surface area contributed by atoms with Gasteiger partial charge in [-0.05, 0) is 19.8 Å². The Bertz CT molecular complexity index is 361. The number of aliphatic hydroxyl groups is 1. The highest BCUT2D eigenvalue weighted by molar-refractivity contribution is 7.99. The molecule has 0 aliphatic carbocycles. The largest absolute Gasteiger partial charge is 0.473 e. The van der Waals surface area contributed by atoms with Crippen molar-refractivity contribution in [3.8, 4) is 5.88 Å². The summed E-state index contributed by atoms with van der Waals surface area (Å²) in [6.45, 7) is 5.97. The van der Waals surface area contributed by atoms with E-state index in [0.717, 1.165) is 5.75 Å². The van der Waals surface area contributed by atoms with Crippen molar-refractivity contribution < 1.29 is 9.84 Å². The number of nitrogen functional groups attached to an aromatic ring is 1. The molecule has 17 heavy (non-hydrogen) atoms. The van der Waals surface area contributed by atoms with Crippen LogP contribution in [0.1, 0.15) is 20.8 Å². The molecule has 0 saturated carbocycles. The fourth-order valence-corrected chi connectivity index (χ4v) is 1.98. The zero-order valence-electron chi connectivity index (χ0n) is 10.4. The molecule has 0 aromatic carbocycles. The summed E-state index contributed by atoms with van der Waals surface area (Å²) in [5, 5.41) is 9.66. The highest BCUT2D eigenvalue weighted by Crippen LogP contribution is 2.30. The number of anilines is 1. The maximum absolute atomic E-state index is 8.95. The predicted octanol–water partition coefficient (Wildman–Crippen LogP) is 1.57. The Morgan fingerprint density at radius 1 is 1.41 bits per heavy atom. The van der Waals surface area contributed by atoms with E-state index < -0.39 is 0 Å². The van der Waals surface area contributed by atoms with Gasteiger partial charge < -0.3 is 15.6 Å². The molecule has 0 aliphatic heterocycles. The standard InChI is InChI=1S/C11H19N3O2S/c1-7(2)16-10-9(12)11(14-6-13-10)17-5-8(3)4-15/h6-8,15H,4-5,12H2,1-3H3. The molecule has 1 aromatic heterocycles. The minimum atomic E-state index is 0.0291. The Labute approximate surface area is 106 Å². The number of aliphatic hydroxyl groups excluding tert-OH is 1. The van der Waals surface area contributed by atoms with Crippen LogP contribution in [-0.4, -0.2) is 33.5 Å². The lowest BCUT2D eigenvalue weighted by molar-refractivity contribution is 0.233. The lowest BCUT2D eigenvalue weighted by Gasteiger charge is -2.13. The highest BCUT2D eigenvalue weighted by Gasteiger charge is 2.12. The van der Waals surface area contributed by atoms with Crippen LogP contribution < -0.4 is 10.5 Å². The second-order valence-electron chi connectivity index (χ2n) is 4.16. The van der Waals surface area contributed by atoms with Crippen LogP contribution in [-0.2, 0) is 0 Å². The molecular formula is C11H19N3O2S. The number of ether oxygens (including phenoxy) is 1. The molecule has 1 heterocycles. The van der Waals surface area contributed by atoms with Crippen LogP contribution in [0.15, 0.2) is 11.4 Å². The van der Waals surface area contributed by atoms with E-state index in [0.29, 0.717) is 16.6 Å². The Morgan fingerprint density at radius 3 is 2.71 bits per heavy atom. The third-order valence-corrected chi connectivity index (χ3v) is 3.31. The second-order valence-corrected chi connectivity index (χ2v) is 5.17. The molecule has 0 amide bonds. The third kappa shape index (κ3) is 4.40. The molecule has 0 fully saturated rings. The zero-order chi connectivity index (χ0) is 12.8. The van der Waals surface area contributed by atoms with Crippen molar-refractivity contribution in [3.63, 3.8) is 0 Å². The summed E-state index contributed by atoms with van der Waals surface area (Å²) in [6, 6.07) is 0. The number of nitrogens with zero attached hydrogens (tertiary/aromatic N) is 2. The number of nitrogens with two attached hydrogens (primary N) is 1. The molecule has 5 nitrogen and oxygen atoms in total. The summed E-state index contributed by atoms with van der Waals surface area (Å²) in [5.74, 6) is 1.40. The summed E-state index contributed by atoms with van der Waals surface area (Å²) in [6.07, 6.45) is 1.47. The smallest absolute Gasteiger partial charge is 0.241 e. The Kier molecular flexibility index (Phi) is 5.50. The normalized spacial score (nSPS) is 12.8. The summed E-state index contributed by atoms with van der Waals surface area (Å²) in [5.41, 5.74) is 6.39. The van der Waals surface area contributed by atoms with E-state index in [4.69, 9.17) is 15.6 Å². The van der Waals surface area contributed by atoms with Gasteiger partial charge in [-0.2, -0.15) is 4.98 Å². The Balaban J connectivity index is 2.72. The average Bonchev–Trinajstić information content (AvgIpc) is 2.29. The van der Waals surface area contributed by atoms with E-state index >= 15 is 0 Å². The molecule has 0 aliphatic rings. The number of thioether (sulfide) groups is 1. The molecule has 1 unspecified atom stereocenters. The molecule has 0 bridgehead atoms. The van der Waals surface area contributed by atoms with Crippen LogP contribution in [0.5, 0.6) is 5.88 Å². The average molecular weight is 257 g/mol. The van der Waals surface area contributed by atoms with Gasteiger partial charge in [0, 0.05) is 12.4 Å². The first-order chi connectivity index (χ1) is 8.04. The van der Waals surface area contributed by atoms with Crippen molar-refractivity contribution in [2.45, 2.75) is 31.9 Å². The van der Waals surface area contributed by atoms with Gasteiger partial charge in [-0.1, -0.05) is 6.92 Å². The lowest BCUT2D eigenvalue weighted by Crippen LogP contribution is -2.10. The van der Waals surface area contributed by atoms with Crippen LogP contribution in [0.4, 0.5) is 5.69 Å². The molecule has 96 valence electrons. The van der Waals surface area contributed by atoms with Crippen molar-refractivity contribution >= 4 is 17.4 Å². The van der Waals surface area contributed by atoms with Crippen molar-refractivity contribution in [1.82, 2.24) is 9.97 Å². The molecule has 6 heteroatoms. The SMILES string of the molecule is CC(CO)CSc1ncnc(OC(C)C)c1N. The second kappa shape index (κ2) is 6.66. The maximum Gasteiger partial charge on any atom is 0.241 e. The lowest BCUT2D eigenvalue weighted by atomic mass is 10.2. The summed E-state index contributed by atoms with van der Waals surface area (Å²) in [7, 11) is 0. The minimum absolute atomic E-state index is 0.0291. The summed E-state index contributed by atoms with van der Waals surface area (Å²) < 4.78 is 5.48. The molecule has 1 atom stereocenters. The van der Waals surface area contributed by atoms with Gasteiger partial charge in [0.25, 0.3) is 0 Å². The first kappa shape index (κ1) is 14.1. The van der Waals surface area contributed by atoms with Gasteiger partial charge in [-0.25, -0.2) is 4.98 Å². The van der Waals surface area contributed by atoms with Gasteiger partial charge in [0.1, 0.15) is 17.0 Å². The van der Waals surface area contributed by atoms with E-state index in [1.54, 1.807) is 0 Å². The van der Waals surface area contributed by atoms with Crippen molar-refractivity contribution in [2.75, 3.05) is 18.1 Å². The molecule has 3 N–H and O–H groups in total. The Morgan fingerprint density at radius 2 is 2.12 bits per heavy atom.